The molecule has 0 bridgehead atoms. The van der Waals surface area contributed by atoms with Gasteiger partial charge >= 0.3 is 0 Å². The van der Waals surface area contributed by atoms with Gasteiger partial charge in [-0.15, -0.1) is 0 Å². The highest BCUT2D eigenvalue weighted by molar-refractivity contribution is 5.94. The maximum atomic E-state index is 11.9. The summed E-state index contributed by atoms with van der Waals surface area (Å²) in [6, 6.07) is 7.45. The van der Waals surface area contributed by atoms with Crippen LogP contribution in [0, 0.1) is 5.41 Å². The first kappa shape index (κ1) is 14.9. The molecule has 1 amide bonds. The molecule has 2 rings (SSSR count). The number of benzene rings is 1. The summed E-state index contributed by atoms with van der Waals surface area (Å²) in [5, 5.41) is 2.89. The van der Waals surface area contributed by atoms with Gasteiger partial charge in [-0.2, -0.15) is 0 Å². The lowest BCUT2D eigenvalue weighted by Gasteiger charge is -2.18. The van der Waals surface area contributed by atoms with Crippen molar-refractivity contribution in [3.05, 3.63) is 24.3 Å². The summed E-state index contributed by atoms with van der Waals surface area (Å²) in [6.07, 6.45) is 2.40. The zero-order valence-electron chi connectivity index (χ0n) is 12.4. The van der Waals surface area contributed by atoms with Gasteiger partial charge in [-0.3, -0.25) is 4.79 Å². The van der Waals surface area contributed by atoms with E-state index in [-0.39, 0.29) is 12.0 Å². The lowest BCUT2D eigenvalue weighted by Crippen LogP contribution is -2.27. The molecule has 4 nitrogen and oxygen atoms in total. The SMILES string of the molecule is CC(C)(C)C(=O)Nc1ccc(OC[C@@H]2CCCO2)cc1. The number of amides is 1. The van der Waals surface area contributed by atoms with Gasteiger partial charge in [0.25, 0.3) is 0 Å². The van der Waals surface area contributed by atoms with Crippen molar-refractivity contribution < 1.29 is 14.3 Å². The van der Waals surface area contributed by atoms with Crippen LogP contribution >= 0.6 is 0 Å². The highest BCUT2D eigenvalue weighted by Gasteiger charge is 2.21. The third-order valence-electron chi connectivity index (χ3n) is 3.25. The topological polar surface area (TPSA) is 47.6 Å². The van der Waals surface area contributed by atoms with Gasteiger partial charge in [-0.05, 0) is 37.1 Å². The lowest BCUT2D eigenvalue weighted by molar-refractivity contribution is -0.123. The van der Waals surface area contributed by atoms with Gasteiger partial charge in [0.1, 0.15) is 12.4 Å². The Balaban J connectivity index is 1.84. The van der Waals surface area contributed by atoms with Crippen LogP contribution in [0.2, 0.25) is 0 Å². The minimum absolute atomic E-state index is 0.00511. The van der Waals surface area contributed by atoms with Crippen LogP contribution in [0.15, 0.2) is 24.3 Å². The standard InChI is InChI=1S/C16H23NO3/c1-16(2,3)15(18)17-12-6-8-13(9-7-12)20-11-14-5-4-10-19-14/h6-9,14H,4-5,10-11H2,1-3H3,(H,17,18)/t14-/m0/s1. The first-order chi connectivity index (χ1) is 9.45. The Morgan fingerprint density at radius 3 is 2.60 bits per heavy atom. The van der Waals surface area contributed by atoms with Crippen LogP contribution in [-0.4, -0.2) is 25.2 Å². The second kappa shape index (κ2) is 6.27. The van der Waals surface area contributed by atoms with Crippen LogP contribution in [0.3, 0.4) is 0 Å². The normalized spacial score (nSPS) is 18.9. The largest absolute Gasteiger partial charge is 0.491 e. The number of nitrogens with one attached hydrogen (secondary N) is 1. The van der Waals surface area contributed by atoms with E-state index in [1.165, 1.54) is 0 Å². The Bertz CT molecular complexity index is 442. The minimum atomic E-state index is -0.394. The second-order valence-electron chi connectivity index (χ2n) is 6.17. The van der Waals surface area contributed by atoms with Gasteiger partial charge in [0.05, 0.1) is 6.10 Å². The highest BCUT2D eigenvalue weighted by atomic mass is 16.5. The molecule has 0 unspecified atom stereocenters. The Hall–Kier alpha value is -1.55. The molecule has 1 fully saturated rings. The van der Waals surface area contributed by atoms with E-state index in [0.29, 0.717) is 6.61 Å². The van der Waals surface area contributed by atoms with Crippen molar-refractivity contribution in [1.82, 2.24) is 0 Å². The quantitative estimate of drug-likeness (QED) is 0.919. The molecular weight excluding hydrogens is 254 g/mol. The van der Waals surface area contributed by atoms with E-state index in [4.69, 9.17) is 9.47 Å². The molecule has 0 aromatic heterocycles. The number of ether oxygens (including phenoxy) is 2. The van der Waals surface area contributed by atoms with Crippen molar-refractivity contribution in [2.24, 2.45) is 5.41 Å². The Kier molecular flexibility index (Phi) is 4.65. The molecule has 1 atom stereocenters. The van der Waals surface area contributed by atoms with E-state index in [2.05, 4.69) is 5.32 Å². The molecule has 4 heteroatoms. The van der Waals surface area contributed by atoms with Gasteiger partial charge in [0.2, 0.25) is 5.91 Å². The predicted octanol–water partition coefficient (Wildman–Crippen LogP) is 3.23. The van der Waals surface area contributed by atoms with Gasteiger partial charge in [0, 0.05) is 17.7 Å². The molecule has 1 aliphatic rings. The fourth-order valence-corrected chi connectivity index (χ4v) is 1.92. The zero-order valence-corrected chi connectivity index (χ0v) is 12.4. The van der Waals surface area contributed by atoms with Crippen LogP contribution in [0.25, 0.3) is 0 Å². The maximum absolute atomic E-state index is 11.9. The molecule has 0 saturated carbocycles. The molecule has 0 aliphatic carbocycles. The van der Waals surface area contributed by atoms with E-state index >= 15 is 0 Å². The van der Waals surface area contributed by atoms with Crippen LogP contribution < -0.4 is 10.1 Å². The van der Waals surface area contributed by atoms with E-state index in [1.54, 1.807) is 0 Å². The van der Waals surface area contributed by atoms with Crippen LogP contribution in [0.4, 0.5) is 5.69 Å². The fraction of sp³-hybridized carbons (Fsp3) is 0.562. The summed E-state index contributed by atoms with van der Waals surface area (Å²) in [7, 11) is 0. The van der Waals surface area contributed by atoms with E-state index in [0.717, 1.165) is 30.9 Å². The molecule has 0 spiro atoms. The van der Waals surface area contributed by atoms with Gasteiger partial charge in [-0.1, -0.05) is 20.8 Å². The first-order valence-corrected chi connectivity index (χ1v) is 7.11. The van der Waals surface area contributed by atoms with Crippen molar-refractivity contribution in [2.45, 2.75) is 39.7 Å². The minimum Gasteiger partial charge on any atom is -0.491 e. The molecule has 1 aliphatic heterocycles. The van der Waals surface area contributed by atoms with E-state index in [9.17, 15) is 4.79 Å². The van der Waals surface area contributed by atoms with Crippen molar-refractivity contribution in [3.8, 4) is 5.75 Å². The molecule has 1 aromatic rings. The van der Waals surface area contributed by atoms with E-state index in [1.807, 2.05) is 45.0 Å². The summed E-state index contributed by atoms with van der Waals surface area (Å²) in [5.41, 5.74) is 0.393. The zero-order chi connectivity index (χ0) is 14.6. The smallest absolute Gasteiger partial charge is 0.229 e. The Morgan fingerprint density at radius 2 is 2.05 bits per heavy atom. The third kappa shape index (κ3) is 4.23. The van der Waals surface area contributed by atoms with Crippen molar-refractivity contribution in [3.63, 3.8) is 0 Å². The number of hydrogen-bond donors (Lipinski definition) is 1. The van der Waals surface area contributed by atoms with Crippen molar-refractivity contribution in [2.75, 3.05) is 18.5 Å². The summed E-state index contributed by atoms with van der Waals surface area (Å²) in [4.78, 5) is 11.9. The molecule has 1 heterocycles. The number of anilines is 1. The summed E-state index contributed by atoms with van der Waals surface area (Å²) < 4.78 is 11.2. The average molecular weight is 277 g/mol. The average Bonchev–Trinajstić information content (AvgIpc) is 2.90. The first-order valence-electron chi connectivity index (χ1n) is 7.11. The molecular formula is C16H23NO3. The van der Waals surface area contributed by atoms with Crippen LogP contribution in [-0.2, 0) is 9.53 Å². The summed E-state index contributed by atoms with van der Waals surface area (Å²) >= 11 is 0. The van der Waals surface area contributed by atoms with Gasteiger partial charge in [-0.25, -0.2) is 0 Å². The monoisotopic (exact) mass is 277 g/mol. The lowest BCUT2D eigenvalue weighted by atomic mass is 9.95. The molecule has 20 heavy (non-hydrogen) atoms. The number of carbonyl (C=O) groups excluding carboxylic acids is 1. The summed E-state index contributed by atoms with van der Waals surface area (Å²) in [5.74, 6) is 0.805. The third-order valence-corrected chi connectivity index (χ3v) is 3.25. The number of hydrogen-bond acceptors (Lipinski definition) is 3. The number of rotatable bonds is 4. The van der Waals surface area contributed by atoms with Crippen molar-refractivity contribution in [1.29, 1.82) is 0 Å². The second-order valence-corrected chi connectivity index (χ2v) is 6.17. The van der Waals surface area contributed by atoms with E-state index < -0.39 is 5.41 Å². The Morgan fingerprint density at radius 1 is 1.35 bits per heavy atom. The Labute approximate surface area is 120 Å². The van der Waals surface area contributed by atoms with Gasteiger partial charge < -0.3 is 14.8 Å². The van der Waals surface area contributed by atoms with Crippen molar-refractivity contribution >= 4 is 11.6 Å². The molecule has 1 aromatic carbocycles. The molecule has 1 saturated heterocycles. The van der Waals surface area contributed by atoms with Crippen LogP contribution in [0.5, 0.6) is 5.75 Å². The summed E-state index contributed by atoms with van der Waals surface area (Å²) in [6.45, 7) is 7.10. The molecule has 0 radical (unpaired) electrons. The van der Waals surface area contributed by atoms with Crippen LogP contribution in [0.1, 0.15) is 33.6 Å². The fourth-order valence-electron chi connectivity index (χ4n) is 1.92. The number of carbonyl (C=O) groups is 1. The molecule has 110 valence electrons. The van der Waals surface area contributed by atoms with Gasteiger partial charge in [0.15, 0.2) is 0 Å². The highest BCUT2D eigenvalue weighted by Crippen LogP contribution is 2.21. The predicted molar refractivity (Wildman–Crippen MR) is 79.0 cm³/mol. The maximum Gasteiger partial charge on any atom is 0.229 e. The molecule has 1 N–H and O–H groups in total.